The number of pyridine rings is 2. The molecule has 0 bridgehead atoms. The van der Waals surface area contributed by atoms with Crippen molar-refractivity contribution in [1.29, 1.82) is 0 Å². The number of halogens is 2. The van der Waals surface area contributed by atoms with Crippen molar-refractivity contribution in [2.24, 2.45) is 0 Å². The number of hydrogen-bond donors (Lipinski definition) is 0. The highest BCUT2D eigenvalue weighted by atomic mass is 79.9. The van der Waals surface area contributed by atoms with Gasteiger partial charge in [-0.1, -0.05) is 18.2 Å². The molecule has 0 amide bonds. The second-order valence-electron chi connectivity index (χ2n) is 3.52. The summed E-state index contributed by atoms with van der Waals surface area (Å²) in [4.78, 5) is 0. The summed E-state index contributed by atoms with van der Waals surface area (Å²) >= 11 is 3.66. The summed E-state index contributed by atoms with van der Waals surface area (Å²) in [5, 5.41) is 2.50. The molecule has 0 aliphatic carbocycles. The molecule has 3 aromatic rings. The quantitative estimate of drug-likeness (QED) is 0.411. The molecule has 0 N–H and O–H groups in total. The van der Waals surface area contributed by atoms with E-state index in [1.54, 1.807) is 0 Å². The molecule has 2 aromatic heterocycles. The van der Waals surface area contributed by atoms with E-state index in [0.717, 1.165) is 4.47 Å². The highest BCUT2D eigenvalue weighted by molar-refractivity contribution is 9.10. The van der Waals surface area contributed by atoms with E-state index >= 15 is 0 Å². The van der Waals surface area contributed by atoms with E-state index in [4.69, 9.17) is 0 Å². The van der Waals surface area contributed by atoms with Crippen LogP contribution in [0.3, 0.4) is 0 Å². The van der Waals surface area contributed by atoms with Crippen LogP contribution >= 0.6 is 15.9 Å². The molecule has 0 saturated carbocycles. The van der Waals surface area contributed by atoms with Crippen LogP contribution in [0.4, 0.5) is 0 Å². The van der Waals surface area contributed by atoms with E-state index in [9.17, 15) is 0 Å². The first-order valence-electron chi connectivity index (χ1n) is 4.83. The van der Waals surface area contributed by atoms with E-state index in [1.165, 1.54) is 16.3 Å². The van der Waals surface area contributed by atoms with Gasteiger partial charge in [0.05, 0.1) is 4.47 Å². The monoisotopic (exact) mass is 337 g/mol. The number of nitrogens with zero attached hydrogens (tertiary/aromatic N) is 1. The Morgan fingerprint density at radius 2 is 1.69 bits per heavy atom. The molecule has 0 aliphatic heterocycles. The normalized spacial score (nSPS) is 10.3. The molecule has 0 fully saturated rings. The Labute approximate surface area is 113 Å². The van der Waals surface area contributed by atoms with E-state index < -0.39 is 0 Å². The fourth-order valence-corrected chi connectivity index (χ4v) is 2.55. The van der Waals surface area contributed by atoms with Gasteiger partial charge in [-0.2, -0.15) is 4.40 Å². The molecule has 1 nitrogen and oxygen atoms in total. The van der Waals surface area contributed by atoms with Crippen LogP contribution in [0.15, 0.2) is 59.3 Å². The molecule has 0 unspecified atom stereocenters. The van der Waals surface area contributed by atoms with Crippen molar-refractivity contribution in [3.63, 3.8) is 0 Å². The summed E-state index contributed by atoms with van der Waals surface area (Å²) in [7, 11) is 0. The average Bonchev–Trinajstić information content (AvgIpc) is 2.30. The van der Waals surface area contributed by atoms with Crippen molar-refractivity contribution in [3.05, 3.63) is 59.3 Å². The third-order valence-corrected chi connectivity index (χ3v) is 3.42. The molecule has 2 heterocycles. The average molecular weight is 339 g/mol. The van der Waals surface area contributed by atoms with E-state index in [0.29, 0.717) is 0 Å². The van der Waals surface area contributed by atoms with Crippen LogP contribution in [0.2, 0.25) is 0 Å². The van der Waals surface area contributed by atoms with Gasteiger partial charge in [-0.15, -0.1) is 0 Å². The molecule has 1 aromatic carbocycles. The first kappa shape index (κ1) is 11.6. The minimum absolute atomic E-state index is 0. The Balaban J connectivity index is 0.000000963. The minimum Gasteiger partial charge on any atom is -1.00 e. The van der Waals surface area contributed by atoms with Crippen molar-refractivity contribution in [3.8, 4) is 0 Å². The van der Waals surface area contributed by atoms with Crippen LogP contribution in [-0.4, -0.2) is 0 Å². The van der Waals surface area contributed by atoms with Crippen LogP contribution in [0.25, 0.3) is 16.3 Å². The first-order chi connectivity index (χ1) is 7.36. The molecule has 0 saturated heterocycles. The maximum atomic E-state index is 3.66. The van der Waals surface area contributed by atoms with Crippen molar-refractivity contribution < 1.29 is 21.4 Å². The molecule has 3 heteroatoms. The van der Waals surface area contributed by atoms with Crippen LogP contribution < -0.4 is 21.4 Å². The zero-order valence-corrected chi connectivity index (χ0v) is 11.6. The van der Waals surface area contributed by atoms with E-state index in [-0.39, 0.29) is 17.0 Å². The predicted octanol–water partition coefficient (Wildman–Crippen LogP) is 0.345. The maximum Gasteiger partial charge on any atom is 0.225 e. The largest absolute Gasteiger partial charge is 1.00 e. The van der Waals surface area contributed by atoms with Gasteiger partial charge >= 0.3 is 0 Å². The fourth-order valence-electron chi connectivity index (χ4n) is 1.85. The van der Waals surface area contributed by atoms with Gasteiger partial charge in [0.25, 0.3) is 0 Å². The van der Waals surface area contributed by atoms with Crippen molar-refractivity contribution >= 4 is 32.2 Å². The van der Waals surface area contributed by atoms with Crippen molar-refractivity contribution in [2.45, 2.75) is 0 Å². The van der Waals surface area contributed by atoms with Gasteiger partial charge in [0.1, 0.15) is 0 Å². The minimum atomic E-state index is 0. The fraction of sp³-hybridized carbons (Fsp3) is 0. The molecule has 0 aliphatic rings. The highest BCUT2D eigenvalue weighted by Crippen LogP contribution is 2.25. The van der Waals surface area contributed by atoms with Crippen molar-refractivity contribution in [2.75, 3.05) is 0 Å². The van der Waals surface area contributed by atoms with Gasteiger partial charge in [-0.05, 0) is 28.1 Å². The molecular formula is C13H9Br2N. The lowest BCUT2D eigenvalue weighted by atomic mass is 10.1. The molecule has 0 atom stereocenters. The predicted molar refractivity (Wildman–Crippen MR) is 64.8 cm³/mol. The van der Waals surface area contributed by atoms with E-state index in [1.807, 2.05) is 6.07 Å². The number of aromatic nitrogens is 1. The summed E-state index contributed by atoms with van der Waals surface area (Å²) in [6, 6.07) is 14.6. The lowest BCUT2D eigenvalue weighted by Gasteiger charge is -1.99. The molecule has 0 radical (unpaired) electrons. The topological polar surface area (TPSA) is 4.10 Å². The number of hydrogen-bond acceptors (Lipinski definition) is 0. The van der Waals surface area contributed by atoms with Gasteiger partial charge in [-0.25, -0.2) is 0 Å². The van der Waals surface area contributed by atoms with Crippen LogP contribution in [0.5, 0.6) is 0 Å². The summed E-state index contributed by atoms with van der Waals surface area (Å²) in [6.07, 6.45) is 4.21. The Morgan fingerprint density at radius 1 is 0.938 bits per heavy atom. The zero-order chi connectivity index (χ0) is 10.3. The Morgan fingerprint density at radius 3 is 2.56 bits per heavy atom. The van der Waals surface area contributed by atoms with Gasteiger partial charge in [0, 0.05) is 22.9 Å². The van der Waals surface area contributed by atoms with Gasteiger partial charge in [-0.3, -0.25) is 0 Å². The molecule has 80 valence electrons. The maximum absolute atomic E-state index is 3.66. The summed E-state index contributed by atoms with van der Waals surface area (Å²) in [6.45, 7) is 0. The summed E-state index contributed by atoms with van der Waals surface area (Å²) in [5.74, 6) is 0. The lowest BCUT2D eigenvalue weighted by molar-refractivity contribution is -0.510. The van der Waals surface area contributed by atoms with Gasteiger partial charge in [0.2, 0.25) is 5.52 Å². The zero-order valence-electron chi connectivity index (χ0n) is 8.40. The molecular weight excluding hydrogens is 330 g/mol. The van der Waals surface area contributed by atoms with Gasteiger partial charge in [0.15, 0.2) is 12.4 Å². The van der Waals surface area contributed by atoms with Crippen LogP contribution in [0.1, 0.15) is 0 Å². The molecule has 16 heavy (non-hydrogen) atoms. The third-order valence-electron chi connectivity index (χ3n) is 2.59. The molecule has 3 rings (SSSR count). The summed E-state index contributed by atoms with van der Waals surface area (Å²) < 4.78 is 3.29. The Hall–Kier alpha value is -0.930. The molecule has 0 spiro atoms. The lowest BCUT2D eigenvalue weighted by Crippen LogP contribution is -3.00. The number of fused-ring (bicyclic) bond motifs is 2. The first-order valence-corrected chi connectivity index (χ1v) is 5.63. The SMILES string of the molecule is Brc1c2ccccc2c[n+]2ccccc12.[Br-]. The number of rotatable bonds is 0. The smallest absolute Gasteiger partial charge is 0.225 e. The van der Waals surface area contributed by atoms with Crippen LogP contribution in [0, 0.1) is 0 Å². The standard InChI is InChI=1S/C13H9BrN.BrH/c14-13-11-6-2-1-5-10(11)9-15-8-4-3-7-12(13)15;/h1-9H;1H/q+1;/p-1. The number of benzene rings is 1. The van der Waals surface area contributed by atoms with E-state index in [2.05, 4.69) is 69.1 Å². The second kappa shape index (κ2) is 4.52. The Kier molecular flexibility index (Phi) is 3.26. The van der Waals surface area contributed by atoms with Crippen LogP contribution in [-0.2, 0) is 0 Å². The van der Waals surface area contributed by atoms with Crippen molar-refractivity contribution in [1.82, 2.24) is 0 Å². The highest BCUT2D eigenvalue weighted by Gasteiger charge is 2.10. The Bertz CT molecular complexity index is 596. The summed E-state index contributed by atoms with van der Waals surface area (Å²) in [5.41, 5.74) is 1.19. The van der Waals surface area contributed by atoms with Gasteiger partial charge < -0.3 is 17.0 Å². The second-order valence-corrected chi connectivity index (χ2v) is 4.32. The third kappa shape index (κ3) is 1.74.